The zero-order valence-corrected chi connectivity index (χ0v) is 12.5. The molecule has 2 atom stereocenters. The highest BCUT2D eigenvalue weighted by Gasteiger charge is 2.29. The van der Waals surface area contributed by atoms with Crippen LogP contribution >= 0.6 is 0 Å². The van der Waals surface area contributed by atoms with E-state index in [1.165, 1.54) is 70.9 Å². The lowest BCUT2D eigenvalue weighted by molar-refractivity contribution is 0.0817. The standard InChI is InChI=1S/C16H32N2/c1-3-7-15-9-5-6-12-18(15)16(8-4-2)13-17-14-10-11-14/h14-17H,3-13H2,1-2H3. The molecule has 2 unspecified atom stereocenters. The lowest BCUT2D eigenvalue weighted by Crippen LogP contribution is -2.50. The summed E-state index contributed by atoms with van der Waals surface area (Å²) in [6.45, 7) is 7.26. The molecule has 2 fully saturated rings. The fraction of sp³-hybridized carbons (Fsp3) is 1.00. The molecular formula is C16H32N2. The van der Waals surface area contributed by atoms with Crippen molar-refractivity contribution in [2.75, 3.05) is 13.1 Å². The molecule has 106 valence electrons. The summed E-state index contributed by atoms with van der Waals surface area (Å²) in [5.74, 6) is 0. The van der Waals surface area contributed by atoms with Crippen LogP contribution in [0.2, 0.25) is 0 Å². The smallest absolute Gasteiger partial charge is 0.0223 e. The molecule has 1 aliphatic heterocycles. The zero-order valence-electron chi connectivity index (χ0n) is 12.5. The first kappa shape index (κ1) is 14.3. The number of piperidine rings is 1. The highest BCUT2D eigenvalue weighted by Crippen LogP contribution is 2.25. The van der Waals surface area contributed by atoms with Crippen molar-refractivity contribution in [3.63, 3.8) is 0 Å². The molecule has 18 heavy (non-hydrogen) atoms. The van der Waals surface area contributed by atoms with Crippen LogP contribution in [0.1, 0.15) is 71.6 Å². The average molecular weight is 252 g/mol. The number of likely N-dealkylation sites (tertiary alicyclic amines) is 1. The Morgan fingerprint density at radius 2 is 1.94 bits per heavy atom. The van der Waals surface area contributed by atoms with E-state index >= 15 is 0 Å². The van der Waals surface area contributed by atoms with Crippen LogP contribution in [0.5, 0.6) is 0 Å². The Labute approximate surface area is 114 Å². The molecule has 0 amide bonds. The van der Waals surface area contributed by atoms with Crippen LogP contribution in [0.4, 0.5) is 0 Å². The Kier molecular flexibility index (Phi) is 5.97. The van der Waals surface area contributed by atoms with E-state index in [9.17, 15) is 0 Å². The molecule has 1 aliphatic carbocycles. The minimum absolute atomic E-state index is 0.799. The number of nitrogens with one attached hydrogen (secondary N) is 1. The van der Waals surface area contributed by atoms with Crippen molar-refractivity contribution in [1.82, 2.24) is 10.2 Å². The van der Waals surface area contributed by atoms with E-state index in [-0.39, 0.29) is 0 Å². The van der Waals surface area contributed by atoms with E-state index in [1.807, 2.05) is 0 Å². The summed E-state index contributed by atoms with van der Waals surface area (Å²) in [4.78, 5) is 2.85. The van der Waals surface area contributed by atoms with Crippen LogP contribution in [-0.4, -0.2) is 36.1 Å². The van der Waals surface area contributed by atoms with Gasteiger partial charge in [-0.3, -0.25) is 4.90 Å². The predicted molar refractivity (Wildman–Crippen MR) is 79.0 cm³/mol. The maximum absolute atomic E-state index is 3.76. The molecule has 0 bridgehead atoms. The van der Waals surface area contributed by atoms with E-state index in [0.29, 0.717) is 0 Å². The zero-order chi connectivity index (χ0) is 12.8. The summed E-state index contributed by atoms with van der Waals surface area (Å²) in [7, 11) is 0. The van der Waals surface area contributed by atoms with Crippen molar-refractivity contribution in [2.45, 2.75) is 89.8 Å². The Hall–Kier alpha value is -0.0800. The second-order valence-electron chi connectivity index (χ2n) is 6.30. The topological polar surface area (TPSA) is 15.3 Å². The lowest BCUT2D eigenvalue weighted by Gasteiger charge is -2.41. The molecule has 2 nitrogen and oxygen atoms in total. The molecule has 2 rings (SSSR count). The molecule has 0 spiro atoms. The Morgan fingerprint density at radius 3 is 2.61 bits per heavy atom. The molecule has 1 saturated carbocycles. The summed E-state index contributed by atoms with van der Waals surface area (Å²) in [6, 6.07) is 2.53. The van der Waals surface area contributed by atoms with Gasteiger partial charge in [0.05, 0.1) is 0 Å². The molecule has 2 heteroatoms. The van der Waals surface area contributed by atoms with Gasteiger partial charge in [-0.15, -0.1) is 0 Å². The Morgan fingerprint density at radius 1 is 1.11 bits per heavy atom. The van der Waals surface area contributed by atoms with Gasteiger partial charge in [-0.25, -0.2) is 0 Å². The fourth-order valence-electron chi connectivity index (χ4n) is 3.46. The lowest BCUT2D eigenvalue weighted by atomic mass is 9.95. The molecule has 0 radical (unpaired) electrons. The van der Waals surface area contributed by atoms with Gasteiger partial charge in [0, 0.05) is 24.7 Å². The SMILES string of the molecule is CCCC1CCCCN1C(CCC)CNC1CC1. The first-order valence-electron chi connectivity index (χ1n) is 8.34. The van der Waals surface area contributed by atoms with Crippen molar-refractivity contribution in [1.29, 1.82) is 0 Å². The van der Waals surface area contributed by atoms with E-state index in [2.05, 4.69) is 24.1 Å². The van der Waals surface area contributed by atoms with Gasteiger partial charge in [0.25, 0.3) is 0 Å². The number of hydrogen-bond donors (Lipinski definition) is 1. The summed E-state index contributed by atoms with van der Waals surface area (Å²) < 4.78 is 0. The molecule has 0 aromatic carbocycles. The maximum Gasteiger partial charge on any atom is 0.0223 e. The minimum Gasteiger partial charge on any atom is -0.312 e. The number of rotatable bonds is 8. The van der Waals surface area contributed by atoms with Crippen LogP contribution in [0.15, 0.2) is 0 Å². The van der Waals surface area contributed by atoms with Crippen molar-refractivity contribution in [3.8, 4) is 0 Å². The van der Waals surface area contributed by atoms with Crippen molar-refractivity contribution < 1.29 is 0 Å². The Balaban J connectivity index is 1.87. The largest absolute Gasteiger partial charge is 0.312 e. The van der Waals surface area contributed by atoms with Crippen LogP contribution in [0.3, 0.4) is 0 Å². The van der Waals surface area contributed by atoms with Crippen molar-refractivity contribution in [2.24, 2.45) is 0 Å². The first-order chi connectivity index (χ1) is 8.85. The number of nitrogens with zero attached hydrogens (tertiary/aromatic N) is 1. The second-order valence-corrected chi connectivity index (χ2v) is 6.30. The van der Waals surface area contributed by atoms with Gasteiger partial charge in [-0.2, -0.15) is 0 Å². The molecule has 2 aliphatic rings. The van der Waals surface area contributed by atoms with Crippen LogP contribution in [0.25, 0.3) is 0 Å². The van der Waals surface area contributed by atoms with Gasteiger partial charge in [-0.1, -0.05) is 33.1 Å². The van der Waals surface area contributed by atoms with Gasteiger partial charge in [0.15, 0.2) is 0 Å². The summed E-state index contributed by atoms with van der Waals surface area (Å²) >= 11 is 0. The summed E-state index contributed by atoms with van der Waals surface area (Å²) in [5, 5.41) is 3.76. The molecule has 1 saturated heterocycles. The Bertz CT molecular complexity index is 223. The summed E-state index contributed by atoms with van der Waals surface area (Å²) in [6.07, 6.45) is 12.6. The first-order valence-corrected chi connectivity index (χ1v) is 8.34. The van der Waals surface area contributed by atoms with Crippen LogP contribution in [-0.2, 0) is 0 Å². The van der Waals surface area contributed by atoms with E-state index in [1.54, 1.807) is 0 Å². The molecule has 1 heterocycles. The van der Waals surface area contributed by atoms with Crippen LogP contribution in [0, 0.1) is 0 Å². The molecule has 1 N–H and O–H groups in total. The summed E-state index contributed by atoms with van der Waals surface area (Å²) in [5.41, 5.74) is 0. The van der Waals surface area contributed by atoms with Gasteiger partial charge in [0.1, 0.15) is 0 Å². The van der Waals surface area contributed by atoms with Crippen LogP contribution < -0.4 is 5.32 Å². The van der Waals surface area contributed by atoms with Crippen molar-refractivity contribution in [3.05, 3.63) is 0 Å². The van der Waals surface area contributed by atoms with E-state index in [4.69, 9.17) is 0 Å². The van der Waals surface area contributed by atoms with E-state index < -0.39 is 0 Å². The maximum atomic E-state index is 3.76. The third-order valence-electron chi connectivity index (χ3n) is 4.60. The average Bonchev–Trinajstić information content (AvgIpc) is 3.20. The van der Waals surface area contributed by atoms with E-state index in [0.717, 1.165) is 18.1 Å². The molecule has 0 aromatic heterocycles. The molecule has 0 aromatic rings. The van der Waals surface area contributed by atoms with Gasteiger partial charge in [-0.05, 0) is 45.1 Å². The third-order valence-corrected chi connectivity index (χ3v) is 4.60. The highest BCUT2D eigenvalue weighted by molar-refractivity contribution is 4.87. The third kappa shape index (κ3) is 4.24. The second kappa shape index (κ2) is 7.49. The van der Waals surface area contributed by atoms with Crippen molar-refractivity contribution >= 4 is 0 Å². The monoisotopic (exact) mass is 252 g/mol. The minimum atomic E-state index is 0.799. The fourth-order valence-corrected chi connectivity index (χ4v) is 3.46. The molecular weight excluding hydrogens is 220 g/mol. The quantitative estimate of drug-likeness (QED) is 0.710. The van der Waals surface area contributed by atoms with Gasteiger partial charge < -0.3 is 5.32 Å². The number of hydrogen-bond acceptors (Lipinski definition) is 2. The van der Waals surface area contributed by atoms with Gasteiger partial charge >= 0.3 is 0 Å². The highest BCUT2D eigenvalue weighted by atomic mass is 15.2. The normalized spacial score (nSPS) is 27.3. The predicted octanol–water partition coefficient (Wildman–Crippen LogP) is 3.56. The van der Waals surface area contributed by atoms with Gasteiger partial charge in [0.2, 0.25) is 0 Å².